The van der Waals surface area contributed by atoms with E-state index in [9.17, 15) is 4.79 Å². The third kappa shape index (κ3) is 3.47. The monoisotopic (exact) mass is 344 g/mol. The quantitative estimate of drug-likeness (QED) is 0.896. The van der Waals surface area contributed by atoms with Gasteiger partial charge in [-0.25, -0.2) is 0 Å². The van der Waals surface area contributed by atoms with Crippen LogP contribution in [0.2, 0.25) is 5.02 Å². The summed E-state index contributed by atoms with van der Waals surface area (Å²) in [5.74, 6) is -0.0827. The Hall–Kier alpha value is -1.85. The number of aromatic amines is 1. The predicted octanol–water partition coefficient (Wildman–Crippen LogP) is 3.09. The molecule has 2 N–H and O–H groups in total. The Morgan fingerprint density at radius 3 is 2.71 bits per heavy atom. The zero-order valence-corrected chi connectivity index (χ0v) is 14.2. The van der Waals surface area contributed by atoms with Crippen LogP contribution in [0.4, 0.5) is 0 Å². The number of carbonyl (C=O) groups is 1. The van der Waals surface area contributed by atoms with Crippen LogP contribution < -0.4 is 5.32 Å². The lowest BCUT2D eigenvalue weighted by molar-refractivity contribution is 0.0904. The maximum absolute atomic E-state index is 12.4. The molecule has 0 atom stereocenters. The fourth-order valence-electron chi connectivity index (χ4n) is 3.35. The van der Waals surface area contributed by atoms with Crippen LogP contribution in [0, 0.1) is 0 Å². The number of rotatable bonds is 4. The van der Waals surface area contributed by atoms with Crippen LogP contribution >= 0.6 is 11.6 Å². The van der Waals surface area contributed by atoms with Gasteiger partial charge in [0.25, 0.3) is 5.91 Å². The highest BCUT2D eigenvalue weighted by atomic mass is 35.5. The molecule has 126 valence electrons. The van der Waals surface area contributed by atoms with Gasteiger partial charge in [-0.3, -0.25) is 9.89 Å². The maximum Gasteiger partial charge on any atom is 0.269 e. The minimum Gasteiger partial charge on any atom is -0.348 e. The second-order valence-corrected chi connectivity index (χ2v) is 7.13. The van der Waals surface area contributed by atoms with Gasteiger partial charge in [0.1, 0.15) is 5.69 Å². The van der Waals surface area contributed by atoms with Gasteiger partial charge in [0, 0.05) is 35.8 Å². The summed E-state index contributed by atoms with van der Waals surface area (Å²) in [4.78, 5) is 15.0. The van der Waals surface area contributed by atoms with Gasteiger partial charge in [-0.05, 0) is 43.9 Å². The zero-order valence-electron chi connectivity index (χ0n) is 13.5. The lowest BCUT2D eigenvalue weighted by Crippen LogP contribution is -2.45. The van der Waals surface area contributed by atoms with Crippen molar-refractivity contribution in [3.05, 3.63) is 41.0 Å². The Balaban J connectivity index is 1.37. The summed E-state index contributed by atoms with van der Waals surface area (Å²) in [5.41, 5.74) is 2.12. The van der Waals surface area contributed by atoms with Crippen molar-refractivity contribution in [2.45, 2.75) is 37.8 Å². The lowest BCUT2D eigenvalue weighted by atomic mass is 10.0. The summed E-state index contributed by atoms with van der Waals surface area (Å²) in [6, 6.07) is 10.3. The summed E-state index contributed by atoms with van der Waals surface area (Å²) < 4.78 is 0. The SMILES string of the molecule is O=C(NC1CCN(C2CC2)CC1)c1cc(-c2cccc(Cl)c2)n[nH]1. The van der Waals surface area contributed by atoms with E-state index in [4.69, 9.17) is 11.6 Å². The van der Waals surface area contributed by atoms with Crippen LogP contribution in [0.5, 0.6) is 0 Å². The maximum atomic E-state index is 12.4. The Bertz CT molecular complexity index is 732. The van der Waals surface area contributed by atoms with Crippen LogP contribution in [-0.2, 0) is 0 Å². The molecule has 0 unspecified atom stereocenters. The molecule has 0 spiro atoms. The van der Waals surface area contributed by atoms with Crippen molar-refractivity contribution in [3.8, 4) is 11.3 Å². The summed E-state index contributed by atoms with van der Waals surface area (Å²) >= 11 is 6.01. The first-order valence-corrected chi connectivity index (χ1v) is 8.93. The summed E-state index contributed by atoms with van der Waals surface area (Å²) in [6.07, 6.45) is 4.74. The highest BCUT2D eigenvalue weighted by Gasteiger charge is 2.32. The Kier molecular flexibility index (Phi) is 4.29. The van der Waals surface area contributed by atoms with E-state index in [1.807, 2.05) is 24.3 Å². The first-order valence-electron chi connectivity index (χ1n) is 8.55. The summed E-state index contributed by atoms with van der Waals surface area (Å²) in [7, 11) is 0. The number of amides is 1. The van der Waals surface area contributed by atoms with Crippen molar-refractivity contribution in [1.82, 2.24) is 20.4 Å². The lowest BCUT2D eigenvalue weighted by Gasteiger charge is -2.32. The molecule has 0 radical (unpaired) electrons. The number of halogens is 1. The molecule has 6 heteroatoms. The standard InChI is InChI=1S/C18H21ClN4O/c19-13-3-1-2-12(10-13)16-11-17(22-21-16)18(24)20-14-6-8-23(9-7-14)15-4-5-15/h1-3,10-11,14-15H,4-9H2,(H,20,24)(H,21,22). The molecule has 1 amide bonds. The molecule has 1 aromatic carbocycles. The number of carbonyl (C=O) groups excluding carboxylic acids is 1. The van der Waals surface area contributed by atoms with Crippen LogP contribution in [0.15, 0.2) is 30.3 Å². The third-order valence-corrected chi connectivity index (χ3v) is 5.11. The van der Waals surface area contributed by atoms with Gasteiger partial charge in [0.15, 0.2) is 0 Å². The first kappa shape index (κ1) is 15.7. The molecule has 24 heavy (non-hydrogen) atoms. The average Bonchev–Trinajstić information content (AvgIpc) is 3.31. The van der Waals surface area contributed by atoms with E-state index in [1.54, 1.807) is 6.07 Å². The second kappa shape index (κ2) is 6.57. The van der Waals surface area contributed by atoms with Crippen molar-refractivity contribution in [2.24, 2.45) is 0 Å². The predicted molar refractivity (Wildman–Crippen MR) is 94.1 cm³/mol. The Labute approximate surface area is 146 Å². The Morgan fingerprint density at radius 2 is 2.00 bits per heavy atom. The van der Waals surface area contributed by atoms with Gasteiger partial charge >= 0.3 is 0 Å². The normalized spacial score (nSPS) is 19.4. The van der Waals surface area contributed by atoms with Crippen LogP contribution in [0.25, 0.3) is 11.3 Å². The summed E-state index contributed by atoms with van der Waals surface area (Å²) in [6.45, 7) is 2.18. The molecule has 2 aromatic rings. The first-order chi connectivity index (χ1) is 11.7. The van der Waals surface area contributed by atoms with Crippen LogP contribution in [-0.4, -0.2) is 46.2 Å². The number of likely N-dealkylation sites (tertiary alicyclic amines) is 1. The number of aromatic nitrogens is 2. The number of nitrogens with zero attached hydrogens (tertiary/aromatic N) is 2. The van der Waals surface area contributed by atoms with Gasteiger partial charge in [-0.2, -0.15) is 5.10 Å². The number of nitrogens with one attached hydrogen (secondary N) is 2. The van der Waals surface area contributed by atoms with Gasteiger partial charge in [-0.15, -0.1) is 0 Å². The molecular formula is C18H21ClN4O. The van der Waals surface area contributed by atoms with Crippen molar-refractivity contribution in [1.29, 1.82) is 0 Å². The molecular weight excluding hydrogens is 324 g/mol. The van der Waals surface area contributed by atoms with E-state index in [2.05, 4.69) is 20.4 Å². The fourth-order valence-corrected chi connectivity index (χ4v) is 3.54. The van der Waals surface area contributed by atoms with E-state index >= 15 is 0 Å². The molecule has 0 bridgehead atoms. The topological polar surface area (TPSA) is 61.0 Å². The third-order valence-electron chi connectivity index (χ3n) is 4.87. The molecule has 2 fully saturated rings. The molecule has 1 saturated carbocycles. The van der Waals surface area contributed by atoms with Gasteiger partial charge in [-0.1, -0.05) is 23.7 Å². The van der Waals surface area contributed by atoms with Crippen LogP contribution in [0.3, 0.4) is 0 Å². The van der Waals surface area contributed by atoms with Crippen molar-refractivity contribution in [2.75, 3.05) is 13.1 Å². The molecule has 5 nitrogen and oxygen atoms in total. The number of H-pyrrole nitrogens is 1. The molecule has 1 aliphatic carbocycles. The highest BCUT2D eigenvalue weighted by Crippen LogP contribution is 2.29. The van der Waals surface area contributed by atoms with Gasteiger partial charge in [0.05, 0.1) is 5.69 Å². The largest absolute Gasteiger partial charge is 0.348 e. The van der Waals surface area contributed by atoms with Gasteiger partial charge < -0.3 is 10.2 Å². The minimum atomic E-state index is -0.0827. The van der Waals surface area contributed by atoms with E-state index in [0.717, 1.165) is 43.2 Å². The van der Waals surface area contributed by atoms with E-state index < -0.39 is 0 Å². The number of piperidine rings is 1. The number of hydrogen-bond acceptors (Lipinski definition) is 3. The molecule has 1 aromatic heterocycles. The minimum absolute atomic E-state index is 0.0827. The molecule has 2 aliphatic rings. The molecule has 2 heterocycles. The number of benzene rings is 1. The molecule has 1 saturated heterocycles. The summed E-state index contributed by atoms with van der Waals surface area (Å²) in [5, 5.41) is 10.9. The average molecular weight is 345 g/mol. The van der Waals surface area contributed by atoms with E-state index in [0.29, 0.717) is 10.7 Å². The van der Waals surface area contributed by atoms with Crippen molar-refractivity contribution < 1.29 is 4.79 Å². The van der Waals surface area contributed by atoms with E-state index in [1.165, 1.54) is 12.8 Å². The van der Waals surface area contributed by atoms with Crippen molar-refractivity contribution >= 4 is 17.5 Å². The molecule has 4 rings (SSSR count). The van der Waals surface area contributed by atoms with E-state index in [-0.39, 0.29) is 11.9 Å². The van der Waals surface area contributed by atoms with Crippen LogP contribution in [0.1, 0.15) is 36.2 Å². The fraction of sp³-hybridized carbons (Fsp3) is 0.444. The highest BCUT2D eigenvalue weighted by molar-refractivity contribution is 6.30. The smallest absolute Gasteiger partial charge is 0.269 e. The zero-order chi connectivity index (χ0) is 16.5. The number of hydrogen-bond donors (Lipinski definition) is 2. The second-order valence-electron chi connectivity index (χ2n) is 6.69. The Morgan fingerprint density at radius 1 is 1.21 bits per heavy atom. The van der Waals surface area contributed by atoms with Gasteiger partial charge in [0.2, 0.25) is 0 Å². The van der Waals surface area contributed by atoms with Crippen molar-refractivity contribution in [3.63, 3.8) is 0 Å². The molecule has 1 aliphatic heterocycles.